The van der Waals surface area contributed by atoms with E-state index in [4.69, 9.17) is 4.74 Å². The van der Waals surface area contributed by atoms with E-state index in [9.17, 15) is 4.79 Å². The number of piperazine rings is 1. The van der Waals surface area contributed by atoms with E-state index < -0.39 is 0 Å². The predicted molar refractivity (Wildman–Crippen MR) is 91.7 cm³/mol. The van der Waals surface area contributed by atoms with E-state index in [-0.39, 0.29) is 12.5 Å². The van der Waals surface area contributed by atoms with E-state index in [0.29, 0.717) is 0 Å². The Bertz CT molecular complexity index is 687. The third-order valence-electron chi connectivity index (χ3n) is 4.55. The smallest absolute Gasteiger partial charge is 0.325 e. The molecule has 1 aromatic heterocycles. The number of hydrogen-bond donors (Lipinski definition) is 1. The van der Waals surface area contributed by atoms with Gasteiger partial charge in [-0.25, -0.2) is 0 Å². The first-order chi connectivity index (χ1) is 11.2. The number of fused-ring (bicyclic) bond motifs is 1. The van der Waals surface area contributed by atoms with E-state index in [2.05, 4.69) is 41.5 Å². The van der Waals surface area contributed by atoms with E-state index in [1.54, 1.807) is 0 Å². The molecule has 0 spiro atoms. The zero-order valence-electron chi connectivity index (χ0n) is 14.0. The van der Waals surface area contributed by atoms with Crippen LogP contribution in [-0.4, -0.2) is 55.3 Å². The number of aryl methyl sites for hydroxylation is 1. The molecule has 2 heterocycles. The Hall–Kier alpha value is -1.85. The van der Waals surface area contributed by atoms with Gasteiger partial charge in [-0.3, -0.25) is 4.79 Å². The first kappa shape index (κ1) is 16.0. The Balaban J connectivity index is 1.83. The van der Waals surface area contributed by atoms with Crippen molar-refractivity contribution in [1.29, 1.82) is 0 Å². The molecule has 5 heteroatoms. The molecular formula is C18H25N3O2. The second-order valence-corrected chi connectivity index (χ2v) is 6.22. The summed E-state index contributed by atoms with van der Waals surface area (Å²) in [6.07, 6.45) is 3.12. The molecule has 0 atom stereocenters. The average molecular weight is 315 g/mol. The van der Waals surface area contributed by atoms with Gasteiger partial charge in [0.25, 0.3) is 0 Å². The molecule has 5 nitrogen and oxygen atoms in total. The lowest BCUT2D eigenvalue weighted by molar-refractivity contribution is -0.141. The summed E-state index contributed by atoms with van der Waals surface area (Å²) < 4.78 is 6.82. The summed E-state index contributed by atoms with van der Waals surface area (Å²) in [5, 5.41) is 4.64. The van der Waals surface area contributed by atoms with E-state index in [1.807, 2.05) is 4.57 Å². The molecule has 1 fully saturated rings. The van der Waals surface area contributed by atoms with Crippen molar-refractivity contribution in [3.05, 3.63) is 35.5 Å². The summed E-state index contributed by atoms with van der Waals surface area (Å²) in [5.41, 5.74) is 3.67. The van der Waals surface area contributed by atoms with Crippen LogP contribution in [0.2, 0.25) is 0 Å². The number of nitrogens with one attached hydrogen (secondary N) is 1. The molecule has 1 aromatic carbocycles. The maximum Gasteiger partial charge on any atom is 0.325 e. The van der Waals surface area contributed by atoms with Crippen molar-refractivity contribution in [3.8, 4) is 0 Å². The number of esters is 1. The summed E-state index contributed by atoms with van der Waals surface area (Å²) in [4.78, 5) is 14.1. The van der Waals surface area contributed by atoms with Crippen LogP contribution in [0.5, 0.6) is 0 Å². The van der Waals surface area contributed by atoms with E-state index in [0.717, 1.165) is 44.7 Å². The minimum absolute atomic E-state index is 0.212. The lowest BCUT2D eigenvalue weighted by Crippen LogP contribution is -2.44. The number of nitrogens with zero attached hydrogens (tertiary/aromatic N) is 2. The van der Waals surface area contributed by atoms with Crippen molar-refractivity contribution in [1.82, 2.24) is 14.8 Å². The van der Waals surface area contributed by atoms with E-state index >= 15 is 0 Å². The first-order valence-electron chi connectivity index (χ1n) is 8.25. The highest BCUT2D eigenvalue weighted by molar-refractivity contribution is 5.86. The fourth-order valence-electron chi connectivity index (χ4n) is 3.23. The van der Waals surface area contributed by atoms with Gasteiger partial charge in [0.15, 0.2) is 0 Å². The molecule has 3 rings (SSSR count). The van der Waals surface area contributed by atoms with Gasteiger partial charge in [0.2, 0.25) is 0 Å². The number of carbonyl (C=O) groups excluding carboxylic acids is 1. The van der Waals surface area contributed by atoms with E-state index in [1.165, 1.54) is 23.6 Å². The van der Waals surface area contributed by atoms with Crippen molar-refractivity contribution in [3.63, 3.8) is 0 Å². The average Bonchev–Trinajstić information content (AvgIpc) is 2.90. The Morgan fingerprint density at radius 3 is 2.83 bits per heavy atom. The Morgan fingerprint density at radius 2 is 2.09 bits per heavy atom. The zero-order valence-corrected chi connectivity index (χ0v) is 14.0. The maximum absolute atomic E-state index is 11.6. The molecule has 0 saturated carbocycles. The van der Waals surface area contributed by atoms with Gasteiger partial charge in [-0.15, -0.1) is 0 Å². The third kappa shape index (κ3) is 3.74. The fourth-order valence-corrected chi connectivity index (χ4v) is 3.23. The summed E-state index contributed by atoms with van der Waals surface area (Å²) in [6, 6.07) is 6.41. The molecule has 0 unspecified atom stereocenters. The van der Waals surface area contributed by atoms with Gasteiger partial charge in [0.1, 0.15) is 6.54 Å². The highest BCUT2D eigenvalue weighted by Crippen LogP contribution is 2.23. The minimum atomic E-state index is -0.212. The lowest BCUT2D eigenvalue weighted by Gasteiger charge is -2.26. The van der Waals surface area contributed by atoms with Gasteiger partial charge in [-0.1, -0.05) is 11.6 Å². The summed E-state index contributed by atoms with van der Waals surface area (Å²) in [5.74, 6) is -0.212. The second kappa shape index (κ2) is 7.15. The molecule has 0 radical (unpaired) electrons. The number of carbonyl (C=O) groups is 1. The SMILES string of the molecule is COC(=O)Cn1cc(CCN2CCNCC2)c2cc(C)ccc21. The third-order valence-corrected chi connectivity index (χ3v) is 4.55. The van der Waals surface area contributed by atoms with Crippen molar-refractivity contribution < 1.29 is 9.53 Å². The highest BCUT2D eigenvalue weighted by atomic mass is 16.5. The number of ether oxygens (including phenoxy) is 1. The molecule has 0 aliphatic carbocycles. The minimum Gasteiger partial charge on any atom is -0.468 e. The lowest BCUT2D eigenvalue weighted by atomic mass is 10.1. The van der Waals surface area contributed by atoms with Crippen LogP contribution in [0, 0.1) is 6.92 Å². The number of aromatic nitrogens is 1. The fraction of sp³-hybridized carbons (Fsp3) is 0.500. The number of rotatable bonds is 5. The van der Waals surface area contributed by atoms with Crippen molar-refractivity contribution in [2.24, 2.45) is 0 Å². The predicted octanol–water partition coefficient (Wildman–Crippen LogP) is 1.57. The second-order valence-electron chi connectivity index (χ2n) is 6.22. The Morgan fingerprint density at radius 1 is 1.30 bits per heavy atom. The van der Waals surface area contributed by atoms with Crippen LogP contribution < -0.4 is 5.32 Å². The quantitative estimate of drug-likeness (QED) is 0.851. The number of benzene rings is 1. The molecule has 2 aromatic rings. The van der Waals surface area contributed by atoms with Crippen LogP contribution in [0.4, 0.5) is 0 Å². The topological polar surface area (TPSA) is 46.5 Å². The largest absolute Gasteiger partial charge is 0.468 e. The summed E-state index contributed by atoms with van der Waals surface area (Å²) in [7, 11) is 1.43. The normalized spacial score (nSPS) is 15.9. The number of methoxy groups -OCH3 is 1. The van der Waals surface area contributed by atoms with Gasteiger partial charge in [0.05, 0.1) is 7.11 Å². The molecule has 1 aliphatic heterocycles. The van der Waals surface area contributed by atoms with Crippen molar-refractivity contribution in [2.45, 2.75) is 19.9 Å². The van der Waals surface area contributed by atoms with Gasteiger partial charge in [-0.05, 0) is 31.0 Å². The monoisotopic (exact) mass is 315 g/mol. The Labute approximate surface area is 137 Å². The van der Waals surface area contributed by atoms with Gasteiger partial charge >= 0.3 is 5.97 Å². The molecule has 23 heavy (non-hydrogen) atoms. The van der Waals surface area contributed by atoms with Crippen LogP contribution in [0.15, 0.2) is 24.4 Å². The van der Waals surface area contributed by atoms with Gasteiger partial charge in [0, 0.05) is 49.8 Å². The summed E-state index contributed by atoms with van der Waals surface area (Å²) >= 11 is 0. The molecule has 1 saturated heterocycles. The highest BCUT2D eigenvalue weighted by Gasteiger charge is 2.14. The van der Waals surface area contributed by atoms with Crippen LogP contribution in [0.3, 0.4) is 0 Å². The molecule has 124 valence electrons. The number of hydrogen-bond acceptors (Lipinski definition) is 4. The first-order valence-corrected chi connectivity index (χ1v) is 8.25. The molecule has 1 aliphatic rings. The van der Waals surface area contributed by atoms with Crippen LogP contribution in [0.25, 0.3) is 10.9 Å². The maximum atomic E-state index is 11.6. The van der Waals surface area contributed by atoms with Crippen LogP contribution in [0.1, 0.15) is 11.1 Å². The summed E-state index contributed by atoms with van der Waals surface area (Å²) in [6.45, 7) is 7.81. The van der Waals surface area contributed by atoms with Gasteiger partial charge < -0.3 is 19.5 Å². The zero-order chi connectivity index (χ0) is 16.2. The van der Waals surface area contributed by atoms with Crippen LogP contribution in [-0.2, 0) is 22.5 Å². The molecule has 0 amide bonds. The van der Waals surface area contributed by atoms with Gasteiger partial charge in [-0.2, -0.15) is 0 Å². The van der Waals surface area contributed by atoms with Crippen molar-refractivity contribution >= 4 is 16.9 Å². The Kier molecular flexibility index (Phi) is 4.98. The van der Waals surface area contributed by atoms with Crippen molar-refractivity contribution in [2.75, 3.05) is 39.8 Å². The molecular weight excluding hydrogens is 290 g/mol. The molecule has 1 N–H and O–H groups in total. The van der Waals surface area contributed by atoms with Crippen LogP contribution >= 0.6 is 0 Å². The standard InChI is InChI=1S/C18H25N3O2/c1-14-3-4-17-16(11-14)15(12-21(17)13-18(22)23-2)5-8-20-9-6-19-7-10-20/h3-4,11-12,19H,5-10,13H2,1-2H3. The molecule has 0 bridgehead atoms.